The normalized spacial score (nSPS) is 10.1. The molecule has 1 aromatic carbocycles. The van der Waals surface area contributed by atoms with Crippen molar-refractivity contribution in [1.29, 1.82) is 0 Å². The van der Waals surface area contributed by atoms with E-state index in [-0.39, 0.29) is 12.5 Å². The molecule has 0 aliphatic heterocycles. The number of rotatable bonds is 5. The Morgan fingerprint density at radius 2 is 1.94 bits per heavy atom. The molecule has 0 aliphatic rings. The molecule has 0 fully saturated rings. The minimum Gasteiger partial charge on any atom is -0.376 e. The maximum Gasteiger partial charge on any atom is 0.239 e. The second-order valence-electron chi connectivity index (χ2n) is 3.70. The van der Waals surface area contributed by atoms with Gasteiger partial charge in [-0.25, -0.2) is 0 Å². The van der Waals surface area contributed by atoms with Crippen LogP contribution in [0.2, 0.25) is 0 Å². The van der Waals surface area contributed by atoms with Gasteiger partial charge in [-0.1, -0.05) is 18.2 Å². The van der Waals surface area contributed by atoms with Gasteiger partial charge >= 0.3 is 0 Å². The summed E-state index contributed by atoms with van der Waals surface area (Å²) >= 11 is 5.02. The van der Waals surface area contributed by atoms with Crippen LogP contribution in [0.25, 0.3) is 0 Å². The molecule has 94 valence electrons. The molecule has 0 saturated carbocycles. The fourth-order valence-corrected chi connectivity index (χ4v) is 2.86. The third-order valence-corrected chi connectivity index (χ3v) is 3.94. The number of hydrogen-bond donors (Lipinski definition) is 2. The Hall–Kier alpha value is -1.33. The van der Waals surface area contributed by atoms with E-state index in [1.165, 1.54) is 0 Å². The average molecular weight is 325 g/mol. The largest absolute Gasteiger partial charge is 0.376 e. The molecule has 3 nitrogen and oxygen atoms in total. The van der Waals surface area contributed by atoms with Gasteiger partial charge in [0.15, 0.2) is 0 Å². The molecule has 0 spiro atoms. The van der Waals surface area contributed by atoms with E-state index in [1.54, 1.807) is 11.3 Å². The highest BCUT2D eigenvalue weighted by atomic mass is 79.9. The lowest BCUT2D eigenvalue weighted by Gasteiger charge is -2.06. The maximum atomic E-state index is 11.6. The highest BCUT2D eigenvalue weighted by Gasteiger charge is 2.02. The van der Waals surface area contributed by atoms with E-state index in [9.17, 15) is 4.79 Å². The molecule has 1 heterocycles. The minimum absolute atomic E-state index is 0.0108. The highest BCUT2D eigenvalue weighted by Crippen LogP contribution is 2.21. The summed E-state index contributed by atoms with van der Waals surface area (Å²) in [4.78, 5) is 12.7. The van der Waals surface area contributed by atoms with Crippen LogP contribution in [0, 0.1) is 0 Å². The maximum absolute atomic E-state index is 11.6. The first-order valence-corrected chi connectivity index (χ1v) is 7.15. The van der Waals surface area contributed by atoms with Crippen LogP contribution < -0.4 is 10.6 Å². The van der Waals surface area contributed by atoms with E-state index in [0.717, 1.165) is 14.4 Å². The molecule has 2 N–H and O–H groups in total. The first kappa shape index (κ1) is 13.1. The van der Waals surface area contributed by atoms with E-state index in [2.05, 4.69) is 26.6 Å². The lowest BCUT2D eigenvalue weighted by Crippen LogP contribution is -2.29. The van der Waals surface area contributed by atoms with Crippen molar-refractivity contribution in [3.8, 4) is 0 Å². The molecule has 18 heavy (non-hydrogen) atoms. The zero-order chi connectivity index (χ0) is 12.8. The SMILES string of the molecule is O=C(CNc1ccccc1)NCc1ccc(Br)s1. The Balaban J connectivity index is 1.73. The minimum atomic E-state index is -0.0108. The number of hydrogen-bond acceptors (Lipinski definition) is 3. The van der Waals surface area contributed by atoms with Crippen molar-refractivity contribution in [3.63, 3.8) is 0 Å². The van der Waals surface area contributed by atoms with Gasteiger partial charge < -0.3 is 10.6 Å². The number of carbonyl (C=O) groups is 1. The van der Waals surface area contributed by atoms with E-state index in [0.29, 0.717) is 6.54 Å². The molecule has 0 unspecified atom stereocenters. The smallest absolute Gasteiger partial charge is 0.239 e. The molecule has 2 rings (SSSR count). The van der Waals surface area contributed by atoms with E-state index >= 15 is 0 Å². The molecule has 0 aliphatic carbocycles. The van der Waals surface area contributed by atoms with Crippen molar-refractivity contribution in [1.82, 2.24) is 5.32 Å². The van der Waals surface area contributed by atoms with Gasteiger partial charge in [0, 0.05) is 10.6 Å². The van der Waals surface area contributed by atoms with Gasteiger partial charge in [0.05, 0.1) is 16.9 Å². The van der Waals surface area contributed by atoms with E-state index in [1.807, 2.05) is 42.5 Å². The standard InChI is InChI=1S/C13H13BrN2OS/c14-12-7-6-11(18-12)8-16-13(17)9-15-10-4-2-1-3-5-10/h1-7,15H,8-9H2,(H,16,17). The summed E-state index contributed by atoms with van der Waals surface area (Å²) in [5, 5.41) is 5.94. The fourth-order valence-electron chi connectivity index (χ4n) is 1.43. The Labute approximate surface area is 118 Å². The predicted molar refractivity (Wildman–Crippen MR) is 78.8 cm³/mol. The topological polar surface area (TPSA) is 41.1 Å². The van der Waals surface area contributed by atoms with Crippen molar-refractivity contribution < 1.29 is 4.79 Å². The van der Waals surface area contributed by atoms with Crippen LogP contribution >= 0.6 is 27.3 Å². The third kappa shape index (κ3) is 4.16. The van der Waals surface area contributed by atoms with Crippen LogP contribution in [0.3, 0.4) is 0 Å². The van der Waals surface area contributed by atoms with Crippen LogP contribution in [0.15, 0.2) is 46.3 Å². The van der Waals surface area contributed by atoms with Gasteiger partial charge in [0.25, 0.3) is 0 Å². The van der Waals surface area contributed by atoms with Gasteiger partial charge in [-0.3, -0.25) is 4.79 Å². The number of halogens is 1. The quantitative estimate of drug-likeness (QED) is 0.886. The summed E-state index contributed by atoms with van der Waals surface area (Å²) in [6.07, 6.45) is 0. The zero-order valence-corrected chi connectivity index (χ0v) is 12.1. The lowest BCUT2D eigenvalue weighted by atomic mass is 10.3. The van der Waals surface area contributed by atoms with Gasteiger partial charge in [-0.2, -0.15) is 0 Å². The molecule has 0 saturated heterocycles. The Kier molecular flexibility index (Phi) is 4.78. The van der Waals surface area contributed by atoms with Gasteiger partial charge in [0.1, 0.15) is 0 Å². The number of amides is 1. The Bertz CT molecular complexity index is 513. The summed E-state index contributed by atoms with van der Waals surface area (Å²) in [5.41, 5.74) is 0.950. The fraction of sp³-hybridized carbons (Fsp3) is 0.154. The predicted octanol–water partition coefficient (Wildman–Crippen LogP) is 3.24. The van der Waals surface area contributed by atoms with Crippen LogP contribution in [0.1, 0.15) is 4.88 Å². The summed E-state index contributed by atoms with van der Waals surface area (Å²) in [6.45, 7) is 0.863. The van der Waals surface area contributed by atoms with Gasteiger partial charge in [-0.15, -0.1) is 11.3 Å². The summed E-state index contributed by atoms with van der Waals surface area (Å²) in [6, 6.07) is 13.7. The molecular weight excluding hydrogens is 312 g/mol. The van der Waals surface area contributed by atoms with Gasteiger partial charge in [0.2, 0.25) is 5.91 Å². The summed E-state index contributed by atoms with van der Waals surface area (Å²) < 4.78 is 1.08. The van der Waals surface area contributed by atoms with Crippen molar-refractivity contribution >= 4 is 38.9 Å². The van der Waals surface area contributed by atoms with E-state index in [4.69, 9.17) is 0 Å². The number of benzene rings is 1. The van der Waals surface area contributed by atoms with Crippen molar-refractivity contribution in [2.24, 2.45) is 0 Å². The molecular formula is C13H13BrN2OS. The van der Waals surface area contributed by atoms with Gasteiger partial charge in [-0.05, 0) is 40.2 Å². The average Bonchev–Trinajstić information content (AvgIpc) is 2.81. The first-order chi connectivity index (χ1) is 8.74. The molecule has 5 heteroatoms. The van der Waals surface area contributed by atoms with Crippen molar-refractivity contribution in [2.75, 3.05) is 11.9 Å². The number of anilines is 1. The Morgan fingerprint density at radius 3 is 2.61 bits per heavy atom. The second kappa shape index (κ2) is 6.56. The van der Waals surface area contributed by atoms with Crippen LogP contribution in [0.4, 0.5) is 5.69 Å². The lowest BCUT2D eigenvalue weighted by molar-refractivity contribution is -0.119. The number of para-hydroxylation sites is 1. The summed E-state index contributed by atoms with van der Waals surface area (Å²) in [7, 11) is 0. The number of carbonyl (C=O) groups excluding carboxylic acids is 1. The van der Waals surface area contributed by atoms with Crippen molar-refractivity contribution in [3.05, 3.63) is 51.1 Å². The number of thiophene rings is 1. The molecule has 1 aromatic heterocycles. The Morgan fingerprint density at radius 1 is 1.17 bits per heavy atom. The first-order valence-electron chi connectivity index (χ1n) is 5.54. The monoisotopic (exact) mass is 324 g/mol. The zero-order valence-electron chi connectivity index (χ0n) is 9.65. The molecule has 2 aromatic rings. The van der Waals surface area contributed by atoms with Crippen LogP contribution in [-0.4, -0.2) is 12.5 Å². The highest BCUT2D eigenvalue weighted by molar-refractivity contribution is 9.11. The van der Waals surface area contributed by atoms with Crippen molar-refractivity contribution in [2.45, 2.75) is 6.54 Å². The third-order valence-electron chi connectivity index (χ3n) is 2.32. The molecule has 0 radical (unpaired) electrons. The molecule has 1 amide bonds. The summed E-state index contributed by atoms with van der Waals surface area (Å²) in [5.74, 6) is -0.0108. The molecule has 0 atom stereocenters. The van der Waals surface area contributed by atoms with E-state index < -0.39 is 0 Å². The van der Waals surface area contributed by atoms with Crippen LogP contribution in [0.5, 0.6) is 0 Å². The second-order valence-corrected chi connectivity index (χ2v) is 6.25. The number of nitrogens with one attached hydrogen (secondary N) is 2. The molecule has 0 bridgehead atoms. The van der Waals surface area contributed by atoms with Crippen LogP contribution in [-0.2, 0) is 11.3 Å².